The molecule has 2 heterocycles. The number of methoxy groups -OCH3 is 2. The summed E-state index contributed by atoms with van der Waals surface area (Å²) >= 11 is 5.90. The molecule has 0 aliphatic rings. The zero-order chi connectivity index (χ0) is 13.1. The van der Waals surface area contributed by atoms with Crippen LogP contribution in [0.2, 0.25) is 5.15 Å². The number of ether oxygens (including phenoxy) is 2. The zero-order valence-electron chi connectivity index (χ0n) is 10.1. The zero-order valence-corrected chi connectivity index (χ0v) is 10.9. The normalized spacial score (nSPS) is 10.2. The second-order valence-electron chi connectivity index (χ2n) is 3.40. The summed E-state index contributed by atoms with van der Waals surface area (Å²) in [5.74, 6) is 0.936. The lowest BCUT2D eigenvalue weighted by atomic mass is 10.2. The fourth-order valence-corrected chi connectivity index (χ4v) is 1.68. The van der Waals surface area contributed by atoms with Crippen molar-refractivity contribution in [2.45, 2.75) is 6.92 Å². The molecule has 0 saturated carbocycles. The van der Waals surface area contributed by atoms with Gasteiger partial charge in [0.05, 0.1) is 25.5 Å². The van der Waals surface area contributed by atoms with Crippen molar-refractivity contribution < 1.29 is 9.47 Å². The molecule has 0 aliphatic heterocycles. The van der Waals surface area contributed by atoms with E-state index in [9.17, 15) is 0 Å². The maximum absolute atomic E-state index is 5.90. The largest absolute Gasteiger partial charge is 0.480 e. The lowest BCUT2D eigenvalue weighted by Crippen LogP contribution is -1.99. The molecule has 0 N–H and O–H groups in total. The van der Waals surface area contributed by atoms with Gasteiger partial charge in [-0.3, -0.25) is 0 Å². The van der Waals surface area contributed by atoms with Gasteiger partial charge in [-0.1, -0.05) is 11.6 Å². The van der Waals surface area contributed by atoms with E-state index in [0.29, 0.717) is 28.1 Å². The van der Waals surface area contributed by atoms with E-state index in [-0.39, 0.29) is 6.01 Å². The van der Waals surface area contributed by atoms with Crippen molar-refractivity contribution in [3.63, 3.8) is 0 Å². The van der Waals surface area contributed by atoms with E-state index in [1.165, 1.54) is 14.2 Å². The lowest BCUT2D eigenvalue weighted by Gasteiger charge is -2.08. The molecule has 0 aliphatic carbocycles. The number of aromatic nitrogens is 4. The summed E-state index contributed by atoms with van der Waals surface area (Å²) in [7, 11) is 3.00. The van der Waals surface area contributed by atoms with Gasteiger partial charge in [0.25, 0.3) is 0 Å². The quantitative estimate of drug-likeness (QED) is 0.791. The van der Waals surface area contributed by atoms with Crippen LogP contribution in [0.1, 0.15) is 5.82 Å². The van der Waals surface area contributed by atoms with Gasteiger partial charge < -0.3 is 9.47 Å². The first kappa shape index (κ1) is 12.5. The Balaban J connectivity index is 2.55. The molecule has 0 spiro atoms. The van der Waals surface area contributed by atoms with E-state index in [0.717, 1.165) is 0 Å². The molecule has 2 aromatic heterocycles. The third-order valence-corrected chi connectivity index (χ3v) is 2.38. The van der Waals surface area contributed by atoms with Crippen LogP contribution >= 0.6 is 11.6 Å². The summed E-state index contributed by atoms with van der Waals surface area (Å²) in [4.78, 5) is 16.4. The molecule has 94 valence electrons. The summed E-state index contributed by atoms with van der Waals surface area (Å²) in [5, 5.41) is 0.357. The summed E-state index contributed by atoms with van der Waals surface area (Å²) < 4.78 is 10.1. The van der Waals surface area contributed by atoms with Crippen molar-refractivity contribution in [3.05, 3.63) is 23.2 Å². The second kappa shape index (κ2) is 5.14. The Labute approximate surface area is 109 Å². The minimum atomic E-state index is 0.229. The highest BCUT2D eigenvalue weighted by Crippen LogP contribution is 2.28. The molecule has 6 nitrogen and oxygen atoms in total. The Morgan fingerprint density at radius 3 is 2.50 bits per heavy atom. The number of rotatable bonds is 3. The molecule has 0 radical (unpaired) electrons. The fraction of sp³-hybridized carbons (Fsp3) is 0.273. The first-order valence-corrected chi connectivity index (χ1v) is 5.48. The molecule has 18 heavy (non-hydrogen) atoms. The van der Waals surface area contributed by atoms with E-state index in [4.69, 9.17) is 21.1 Å². The molecule has 7 heteroatoms. The van der Waals surface area contributed by atoms with E-state index in [1.54, 1.807) is 19.2 Å². The number of halogens is 1. The fourth-order valence-electron chi connectivity index (χ4n) is 1.45. The van der Waals surface area contributed by atoms with Gasteiger partial charge >= 0.3 is 6.01 Å². The van der Waals surface area contributed by atoms with Gasteiger partial charge in [0.1, 0.15) is 11.0 Å². The average molecular weight is 267 g/mol. The van der Waals surface area contributed by atoms with Crippen molar-refractivity contribution in [1.82, 2.24) is 19.9 Å². The van der Waals surface area contributed by atoms with Crippen LogP contribution in [0, 0.1) is 6.92 Å². The maximum Gasteiger partial charge on any atom is 0.319 e. The average Bonchev–Trinajstić information content (AvgIpc) is 2.36. The first-order valence-electron chi connectivity index (χ1n) is 5.10. The highest BCUT2D eigenvalue weighted by Gasteiger charge is 2.13. The van der Waals surface area contributed by atoms with Crippen LogP contribution < -0.4 is 9.47 Å². The van der Waals surface area contributed by atoms with Crippen molar-refractivity contribution in [2.24, 2.45) is 0 Å². The van der Waals surface area contributed by atoms with E-state index < -0.39 is 0 Å². The van der Waals surface area contributed by atoms with E-state index >= 15 is 0 Å². The summed E-state index contributed by atoms with van der Waals surface area (Å²) in [6.07, 6.45) is 1.57. The predicted octanol–water partition coefficient (Wildman–Crippen LogP) is 1.91. The van der Waals surface area contributed by atoms with Gasteiger partial charge in [0.2, 0.25) is 5.88 Å². The van der Waals surface area contributed by atoms with Crippen LogP contribution in [0.25, 0.3) is 11.3 Å². The molecule has 0 unspecified atom stereocenters. The Morgan fingerprint density at radius 2 is 1.89 bits per heavy atom. The van der Waals surface area contributed by atoms with Crippen LogP contribution in [0.4, 0.5) is 0 Å². The molecule has 2 aromatic rings. The molecule has 0 aromatic carbocycles. The molecule has 2 rings (SSSR count). The SMILES string of the molecule is COc1ncc(-c2cc(Cl)nc(C)n2)c(OC)n1. The third-order valence-electron chi connectivity index (χ3n) is 2.19. The van der Waals surface area contributed by atoms with Crippen LogP contribution in [0.5, 0.6) is 11.9 Å². The van der Waals surface area contributed by atoms with Gasteiger partial charge in [0.15, 0.2) is 0 Å². The first-order chi connectivity index (χ1) is 8.63. The van der Waals surface area contributed by atoms with Crippen LogP contribution in [0.15, 0.2) is 12.3 Å². The lowest BCUT2D eigenvalue weighted by molar-refractivity contribution is 0.353. The Bertz CT molecular complexity index is 557. The monoisotopic (exact) mass is 266 g/mol. The minimum absolute atomic E-state index is 0.229. The van der Waals surface area contributed by atoms with Crippen molar-refractivity contribution >= 4 is 11.6 Å². The van der Waals surface area contributed by atoms with Crippen LogP contribution in [-0.4, -0.2) is 34.2 Å². The van der Waals surface area contributed by atoms with Gasteiger partial charge in [-0.25, -0.2) is 15.0 Å². The maximum atomic E-state index is 5.90. The highest BCUT2D eigenvalue weighted by atomic mass is 35.5. The summed E-state index contributed by atoms with van der Waals surface area (Å²) in [6.45, 7) is 1.76. The van der Waals surface area contributed by atoms with Gasteiger partial charge in [-0.15, -0.1) is 0 Å². The molecule has 0 atom stereocenters. The number of aryl methyl sites for hydroxylation is 1. The van der Waals surface area contributed by atoms with Gasteiger partial charge in [-0.2, -0.15) is 4.98 Å². The van der Waals surface area contributed by atoms with E-state index in [2.05, 4.69) is 19.9 Å². The van der Waals surface area contributed by atoms with Crippen molar-refractivity contribution in [1.29, 1.82) is 0 Å². The predicted molar refractivity (Wildman–Crippen MR) is 65.9 cm³/mol. The second-order valence-corrected chi connectivity index (χ2v) is 3.79. The van der Waals surface area contributed by atoms with E-state index in [1.807, 2.05) is 0 Å². The van der Waals surface area contributed by atoms with Crippen molar-refractivity contribution in [2.75, 3.05) is 14.2 Å². The van der Waals surface area contributed by atoms with Gasteiger partial charge in [0, 0.05) is 12.3 Å². The minimum Gasteiger partial charge on any atom is -0.480 e. The topological polar surface area (TPSA) is 70.0 Å². The third kappa shape index (κ3) is 2.48. The Morgan fingerprint density at radius 1 is 1.11 bits per heavy atom. The molecular formula is C11H11ClN4O2. The van der Waals surface area contributed by atoms with Gasteiger partial charge in [-0.05, 0) is 6.92 Å². The Kier molecular flexibility index (Phi) is 3.57. The van der Waals surface area contributed by atoms with Crippen LogP contribution in [0.3, 0.4) is 0 Å². The standard InChI is InChI=1S/C11H11ClN4O2/c1-6-14-8(4-9(12)15-6)7-5-13-11(18-3)16-10(7)17-2/h4-5H,1-3H3. The molecule has 0 saturated heterocycles. The highest BCUT2D eigenvalue weighted by molar-refractivity contribution is 6.29. The number of hydrogen-bond acceptors (Lipinski definition) is 6. The molecular weight excluding hydrogens is 256 g/mol. The van der Waals surface area contributed by atoms with Crippen LogP contribution in [-0.2, 0) is 0 Å². The number of hydrogen-bond donors (Lipinski definition) is 0. The molecule has 0 bridgehead atoms. The van der Waals surface area contributed by atoms with Crippen molar-refractivity contribution in [3.8, 4) is 23.1 Å². The summed E-state index contributed by atoms with van der Waals surface area (Å²) in [6, 6.07) is 1.86. The molecule has 0 fully saturated rings. The smallest absolute Gasteiger partial charge is 0.319 e. The summed E-state index contributed by atoms with van der Waals surface area (Å²) in [5.41, 5.74) is 1.23. The number of nitrogens with zero attached hydrogens (tertiary/aromatic N) is 4. The molecule has 0 amide bonds. The Hall–Kier alpha value is -1.95.